The van der Waals surface area contributed by atoms with Gasteiger partial charge in [0.1, 0.15) is 11.6 Å². The summed E-state index contributed by atoms with van der Waals surface area (Å²) in [6.07, 6.45) is 0. The minimum atomic E-state index is -0.917. The predicted molar refractivity (Wildman–Crippen MR) is 115 cm³/mol. The Morgan fingerprint density at radius 1 is 1.20 bits per heavy atom. The van der Waals surface area contributed by atoms with Gasteiger partial charge in [0.25, 0.3) is 5.56 Å². The first-order valence-electron chi connectivity index (χ1n) is 9.27. The van der Waals surface area contributed by atoms with Crippen LogP contribution in [0.5, 0.6) is 0 Å². The number of hydrogen-bond donors (Lipinski definition) is 1. The molecule has 0 aliphatic carbocycles. The average molecular weight is 452 g/mol. The van der Waals surface area contributed by atoms with Crippen LogP contribution in [-0.2, 0) is 4.79 Å². The van der Waals surface area contributed by atoms with Gasteiger partial charge in [-0.25, -0.2) is 13.8 Å². The third kappa shape index (κ3) is 4.82. The van der Waals surface area contributed by atoms with Gasteiger partial charge >= 0.3 is 0 Å². The normalized spacial score (nSPS) is 12.4. The van der Waals surface area contributed by atoms with E-state index >= 15 is 0 Å². The summed E-state index contributed by atoms with van der Waals surface area (Å²) >= 11 is 7.00. The molecule has 30 heavy (non-hydrogen) atoms. The number of aromatic nitrogens is 2. The molecule has 1 N–H and O–H groups in total. The van der Waals surface area contributed by atoms with Crippen LogP contribution in [0.2, 0.25) is 5.02 Å². The molecule has 0 radical (unpaired) electrons. The Labute approximate surface area is 181 Å². The summed E-state index contributed by atoms with van der Waals surface area (Å²) in [5.41, 5.74) is -0.359. The molecule has 0 saturated carbocycles. The molecular formula is C21H20ClF2N3O2S. The Morgan fingerprint density at radius 2 is 1.93 bits per heavy atom. The third-order valence-corrected chi connectivity index (χ3v) is 5.84. The topological polar surface area (TPSA) is 64.0 Å². The number of nitrogens with zero attached hydrogens (tertiary/aromatic N) is 2. The molecule has 0 aliphatic heterocycles. The summed E-state index contributed by atoms with van der Waals surface area (Å²) in [7, 11) is 0. The van der Waals surface area contributed by atoms with E-state index in [4.69, 9.17) is 11.6 Å². The number of amides is 1. The van der Waals surface area contributed by atoms with E-state index in [0.717, 1.165) is 28.5 Å². The number of rotatable bonds is 6. The van der Waals surface area contributed by atoms with Gasteiger partial charge in [-0.3, -0.25) is 14.2 Å². The number of carbonyl (C=O) groups is 1. The predicted octanol–water partition coefficient (Wildman–Crippen LogP) is 4.57. The molecule has 1 amide bonds. The van der Waals surface area contributed by atoms with Crippen LogP contribution in [0.25, 0.3) is 16.6 Å². The van der Waals surface area contributed by atoms with Crippen LogP contribution >= 0.6 is 23.4 Å². The van der Waals surface area contributed by atoms with Gasteiger partial charge in [-0.1, -0.05) is 37.2 Å². The Balaban J connectivity index is 2.07. The quantitative estimate of drug-likeness (QED) is 0.440. The van der Waals surface area contributed by atoms with Crippen LogP contribution in [0.3, 0.4) is 0 Å². The minimum absolute atomic E-state index is 0.0224. The lowest BCUT2D eigenvalue weighted by molar-refractivity contribution is -0.119. The Kier molecular flexibility index (Phi) is 6.77. The molecule has 1 aromatic heterocycles. The van der Waals surface area contributed by atoms with Crippen molar-refractivity contribution in [3.05, 3.63) is 63.4 Å². The summed E-state index contributed by atoms with van der Waals surface area (Å²) in [5, 5.41) is 3.51. The lowest BCUT2D eigenvalue weighted by atomic mass is 10.1. The molecule has 5 nitrogen and oxygen atoms in total. The number of carbonyl (C=O) groups excluding carboxylic acids is 1. The molecule has 1 unspecified atom stereocenters. The van der Waals surface area contributed by atoms with Crippen molar-refractivity contribution in [2.24, 2.45) is 5.92 Å². The van der Waals surface area contributed by atoms with Crippen LogP contribution in [0.15, 0.2) is 46.3 Å². The first-order chi connectivity index (χ1) is 14.2. The molecule has 0 bridgehead atoms. The monoisotopic (exact) mass is 451 g/mol. The van der Waals surface area contributed by atoms with Crippen molar-refractivity contribution in [2.75, 3.05) is 5.75 Å². The molecule has 2 aromatic carbocycles. The molecule has 0 fully saturated rings. The van der Waals surface area contributed by atoms with Gasteiger partial charge in [0.15, 0.2) is 5.16 Å². The second-order valence-electron chi connectivity index (χ2n) is 7.18. The summed E-state index contributed by atoms with van der Waals surface area (Å²) in [6.45, 7) is 5.88. The zero-order chi connectivity index (χ0) is 22.0. The first-order valence-corrected chi connectivity index (χ1v) is 10.6. The molecule has 1 heterocycles. The van der Waals surface area contributed by atoms with E-state index in [2.05, 4.69) is 10.3 Å². The summed E-state index contributed by atoms with van der Waals surface area (Å²) in [5.74, 6) is -1.69. The fraction of sp³-hybridized carbons (Fsp3) is 0.286. The lowest BCUT2D eigenvalue weighted by Gasteiger charge is -2.18. The van der Waals surface area contributed by atoms with Crippen molar-refractivity contribution < 1.29 is 13.6 Å². The third-order valence-electron chi connectivity index (χ3n) is 4.67. The van der Waals surface area contributed by atoms with Gasteiger partial charge in [0, 0.05) is 17.1 Å². The zero-order valence-corrected chi connectivity index (χ0v) is 18.2. The van der Waals surface area contributed by atoms with Gasteiger partial charge in [0.2, 0.25) is 5.91 Å². The first kappa shape index (κ1) is 22.2. The van der Waals surface area contributed by atoms with Crippen LogP contribution in [0, 0.1) is 17.6 Å². The van der Waals surface area contributed by atoms with E-state index < -0.39 is 17.2 Å². The molecule has 9 heteroatoms. The number of hydrogen-bond acceptors (Lipinski definition) is 4. The van der Waals surface area contributed by atoms with Gasteiger partial charge in [0.05, 0.1) is 22.3 Å². The highest BCUT2D eigenvalue weighted by atomic mass is 35.5. The van der Waals surface area contributed by atoms with Crippen molar-refractivity contribution in [1.29, 1.82) is 0 Å². The number of fused-ring (bicyclic) bond motifs is 1. The molecular weight excluding hydrogens is 432 g/mol. The van der Waals surface area contributed by atoms with Gasteiger partial charge in [-0.15, -0.1) is 0 Å². The Bertz CT molecular complexity index is 1170. The molecule has 0 saturated heterocycles. The van der Waals surface area contributed by atoms with Gasteiger partial charge < -0.3 is 5.32 Å². The molecule has 158 valence electrons. The second-order valence-corrected chi connectivity index (χ2v) is 8.56. The number of thioether (sulfide) groups is 1. The largest absolute Gasteiger partial charge is 0.353 e. The molecule has 1 atom stereocenters. The van der Waals surface area contributed by atoms with Crippen molar-refractivity contribution >= 4 is 40.2 Å². The molecule has 3 rings (SSSR count). The molecule has 3 aromatic rings. The maximum Gasteiger partial charge on any atom is 0.266 e. The van der Waals surface area contributed by atoms with E-state index in [-0.39, 0.29) is 39.8 Å². The van der Waals surface area contributed by atoms with Crippen molar-refractivity contribution in [2.45, 2.75) is 32.0 Å². The van der Waals surface area contributed by atoms with Crippen molar-refractivity contribution in [3.8, 4) is 5.69 Å². The molecule has 0 aliphatic rings. The highest BCUT2D eigenvalue weighted by Crippen LogP contribution is 2.24. The minimum Gasteiger partial charge on any atom is -0.353 e. The van der Waals surface area contributed by atoms with Gasteiger partial charge in [-0.05, 0) is 43.2 Å². The zero-order valence-electron chi connectivity index (χ0n) is 16.6. The number of halogens is 3. The SMILES string of the molecule is CC(C)C(C)NC(=O)CSc1nc2ccc(Cl)cc2c(=O)n1-c1ccc(F)cc1F. The van der Waals surface area contributed by atoms with Crippen LogP contribution in [-0.4, -0.2) is 27.3 Å². The van der Waals surface area contributed by atoms with Gasteiger partial charge in [-0.2, -0.15) is 0 Å². The second kappa shape index (κ2) is 9.14. The van der Waals surface area contributed by atoms with Crippen LogP contribution in [0.4, 0.5) is 8.78 Å². The maximum absolute atomic E-state index is 14.5. The summed E-state index contributed by atoms with van der Waals surface area (Å²) < 4.78 is 28.9. The smallest absolute Gasteiger partial charge is 0.266 e. The maximum atomic E-state index is 14.5. The average Bonchev–Trinajstić information content (AvgIpc) is 2.68. The van der Waals surface area contributed by atoms with E-state index in [1.54, 1.807) is 12.1 Å². The highest BCUT2D eigenvalue weighted by molar-refractivity contribution is 7.99. The molecule has 0 spiro atoms. The van der Waals surface area contributed by atoms with Crippen LogP contribution < -0.4 is 10.9 Å². The standard InChI is InChI=1S/C21H20ClF2N3O2S/c1-11(2)12(3)25-19(28)10-30-21-26-17-6-4-13(22)8-15(17)20(29)27(21)18-7-5-14(23)9-16(18)24/h4-9,11-12H,10H2,1-3H3,(H,25,28). The fourth-order valence-corrected chi connectivity index (χ4v) is 3.69. The van der Waals surface area contributed by atoms with E-state index in [1.165, 1.54) is 6.07 Å². The summed E-state index contributed by atoms with van der Waals surface area (Å²) in [4.78, 5) is 29.9. The number of benzene rings is 2. The summed E-state index contributed by atoms with van der Waals surface area (Å²) in [6, 6.07) is 7.49. The fourth-order valence-electron chi connectivity index (χ4n) is 2.70. The van der Waals surface area contributed by atoms with Crippen LogP contribution in [0.1, 0.15) is 20.8 Å². The van der Waals surface area contributed by atoms with Crippen molar-refractivity contribution in [3.63, 3.8) is 0 Å². The Morgan fingerprint density at radius 3 is 2.60 bits per heavy atom. The van der Waals surface area contributed by atoms with E-state index in [9.17, 15) is 18.4 Å². The Hall–Kier alpha value is -2.45. The lowest BCUT2D eigenvalue weighted by Crippen LogP contribution is -2.37. The number of nitrogens with one attached hydrogen (secondary N) is 1. The van der Waals surface area contributed by atoms with E-state index in [1.807, 2.05) is 20.8 Å². The van der Waals surface area contributed by atoms with E-state index in [0.29, 0.717) is 16.6 Å². The van der Waals surface area contributed by atoms with Crippen molar-refractivity contribution in [1.82, 2.24) is 14.9 Å². The highest BCUT2D eigenvalue weighted by Gasteiger charge is 2.19.